The summed E-state index contributed by atoms with van der Waals surface area (Å²) in [6.07, 6.45) is 0. The smallest absolute Gasteiger partial charge is 0.198 e. The quantitative estimate of drug-likeness (QED) is 0.660. The van der Waals surface area contributed by atoms with Crippen molar-refractivity contribution < 1.29 is 8.68 Å². The van der Waals surface area contributed by atoms with Gasteiger partial charge in [0.1, 0.15) is 7.05 Å². The first kappa shape index (κ1) is 8.46. The van der Waals surface area contributed by atoms with Crippen LogP contribution in [-0.4, -0.2) is 0 Å². The third-order valence-corrected chi connectivity index (χ3v) is 3.39. The van der Waals surface area contributed by atoms with Gasteiger partial charge in [0.25, 0.3) is 0 Å². The predicted octanol–water partition coefficient (Wildman–Crippen LogP) is 3.41. The summed E-state index contributed by atoms with van der Waals surface area (Å²) in [6, 6.07) is 10.1. The minimum absolute atomic E-state index is 0.456. The minimum atomic E-state index is -2.07. The SMILES string of the molecule is [2H]C([2H])([2H])c1c(C)cc(-c2ccccc2C)[n+](C)c1C. The molecule has 2 aromatic rings. The highest BCUT2D eigenvalue weighted by molar-refractivity contribution is 5.61. The van der Waals surface area contributed by atoms with Crippen molar-refractivity contribution in [1.82, 2.24) is 0 Å². The minimum Gasteiger partial charge on any atom is -0.198 e. The number of pyridine rings is 1. The van der Waals surface area contributed by atoms with E-state index in [-0.39, 0.29) is 0 Å². The summed E-state index contributed by atoms with van der Waals surface area (Å²) >= 11 is 0. The molecule has 88 valence electrons. The first-order valence-corrected chi connectivity index (χ1v) is 5.80. The molecule has 0 spiro atoms. The fourth-order valence-corrected chi connectivity index (χ4v) is 2.13. The first-order chi connectivity index (χ1) is 9.23. The van der Waals surface area contributed by atoms with Gasteiger partial charge in [0, 0.05) is 28.2 Å². The van der Waals surface area contributed by atoms with E-state index in [1.54, 1.807) is 0 Å². The molecular weight excluding hydrogens is 206 g/mol. The Morgan fingerprint density at radius 2 is 1.76 bits per heavy atom. The molecule has 0 aliphatic carbocycles. The van der Waals surface area contributed by atoms with Crippen LogP contribution >= 0.6 is 0 Å². The van der Waals surface area contributed by atoms with Crippen LogP contribution in [0.2, 0.25) is 0 Å². The van der Waals surface area contributed by atoms with E-state index in [2.05, 4.69) is 19.1 Å². The highest BCUT2D eigenvalue weighted by Gasteiger charge is 2.17. The Balaban J connectivity index is 2.74. The molecule has 0 unspecified atom stereocenters. The van der Waals surface area contributed by atoms with E-state index in [0.29, 0.717) is 5.56 Å². The molecular formula is C16H20N+. The Hall–Kier alpha value is -1.63. The molecule has 0 bridgehead atoms. The second kappa shape index (κ2) is 4.33. The molecule has 0 atom stereocenters. The molecule has 0 amide bonds. The van der Waals surface area contributed by atoms with Gasteiger partial charge >= 0.3 is 0 Å². The molecule has 1 aromatic heterocycles. The maximum absolute atomic E-state index is 7.69. The van der Waals surface area contributed by atoms with Gasteiger partial charge in [-0.1, -0.05) is 18.2 Å². The first-order valence-electron chi connectivity index (χ1n) is 7.30. The number of rotatable bonds is 1. The standard InChI is InChI=1S/C16H20N/c1-11-8-6-7-9-15(11)16-10-12(2)13(3)14(4)17(16)5/h6-10H,1-5H3/q+1/i3D3. The molecule has 0 saturated heterocycles. The number of benzene rings is 1. The van der Waals surface area contributed by atoms with Gasteiger partial charge in [0.2, 0.25) is 5.69 Å². The topological polar surface area (TPSA) is 3.88 Å². The van der Waals surface area contributed by atoms with Crippen LogP contribution in [0, 0.1) is 27.6 Å². The van der Waals surface area contributed by atoms with E-state index < -0.39 is 6.85 Å². The Labute approximate surface area is 108 Å². The van der Waals surface area contributed by atoms with Crippen LogP contribution in [0.15, 0.2) is 30.3 Å². The molecule has 17 heavy (non-hydrogen) atoms. The molecule has 1 nitrogen and oxygen atoms in total. The summed E-state index contributed by atoms with van der Waals surface area (Å²) in [4.78, 5) is 0. The van der Waals surface area contributed by atoms with E-state index in [1.165, 1.54) is 5.56 Å². The molecule has 1 heteroatoms. The van der Waals surface area contributed by atoms with Crippen molar-refractivity contribution in [1.29, 1.82) is 0 Å². The third kappa shape index (κ3) is 1.97. The average molecular weight is 229 g/mol. The van der Waals surface area contributed by atoms with Crippen LogP contribution in [0.4, 0.5) is 0 Å². The Bertz CT molecular complexity index is 658. The molecule has 0 saturated carbocycles. The van der Waals surface area contributed by atoms with Crippen LogP contribution < -0.4 is 4.57 Å². The zero-order chi connectivity index (χ0) is 15.1. The highest BCUT2D eigenvalue weighted by Crippen LogP contribution is 2.22. The molecule has 0 N–H and O–H groups in total. The molecule has 2 rings (SSSR count). The Morgan fingerprint density at radius 1 is 1.06 bits per heavy atom. The number of aryl methyl sites for hydroxylation is 2. The number of nitrogens with zero attached hydrogens (tertiary/aromatic N) is 1. The maximum atomic E-state index is 7.69. The van der Waals surface area contributed by atoms with Crippen LogP contribution in [0.25, 0.3) is 11.3 Å². The van der Waals surface area contributed by atoms with Gasteiger partial charge in [0.15, 0.2) is 5.69 Å². The normalized spacial score (nSPS) is 14.0. The van der Waals surface area contributed by atoms with Crippen LogP contribution in [0.3, 0.4) is 0 Å². The van der Waals surface area contributed by atoms with Gasteiger partial charge in [-0.25, -0.2) is 0 Å². The van der Waals surface area contributed by atoms with Gasteiger partial charge < -0.3 is 0 Å². The summed E-state index contributed by atoms with van der Waals surface area (Å²) in [5.41, 5.74) is 5.44. The Morgan fingerprint density at radius 3 is 2.41 bits per heavy atom. The van der Waals surface area contributed by atoms with Crippen molar-refractivity contribution in [2.45, 2.75) is 27.6 Å². The van der Waals surface area contributed by atoms with Gasteiger partial charge in [-0.05, 0) is 37.9 Å². The molecule has 0 aliphatic heterocycles. The van der Waals surface area contributed by atoms with E-state index in [4.69, 9.17) is 4.11 Å². The monoisotopic (exact) mass is 229 g/mol. The summed E-state index contributed by atoms with van der Waals surface area (Å²) < 4.78 is 25.0. The lowest BCUT2D eigenvalue weighted by atomic mass is 10.0. The summed E-state index contributed by atoms with van der Waals surface area (Å²) in [6.45, 7) is 3.74. The van der Waals surface area contributed by atoms with E-state index in [9.17, 15) is 0 Å². The zero-order valence-electron chi connectivity index (χ0n) is 13.8. The summed E-state index contributed by atoms with van der Waals surface area (Å²) in [5.74, 6) is 0. The van der Waals surface area contributed by atoms with Crippen molar-refractivity contribution in [3.63, 3.8) is 0 Å². The average Bonchev–Trinajstić information content (AvgIpc) is 2.33. The molecule has 0 radical (unpaired) electrons. The lowest BCUT2D eigenvalue weighted by Crippen LogP contribution is -2.36. The largest absolute Gasteiger partial charge is 0.212 e. The van der Waals surface area contributed by atoms with Crippen LogP contribution in [0.1, 0.15) is 26.5 Å². The second-order valence-electron chi connectivity index (χ2n) is 4.55. The molecule has 0 fully saturated rings. The number of hydrogen-bond acceptors (Lipinski definition) is 0. The lowest BCUT2D eigenvalue weighted by molar-refractivity contribution is -0.667. The van der Waals surface area contributed by atoms with Gasteiger partial charge in [-0.2, -0.15) is 4.57 Å². The lowest BCUT2D eigenvalue weighted by Gasteiger charge is -2.09. The number of hydrogen-bond donors (Lipinski definition) is 0. The van der Waals surface area contributed by atoms with E-state index in [0.717, 1.165) is 22.5 Å². The van der Waals surface area contributed by atoms with Crippen molar-refractivity contribution in [2.75, 3.05) is 0 Å². The van der Waals surface area contributed by atoms with Gasteiger partial charge in [-0.3, -0.25) is 0 Å². The van der Waals surface area contributed by atoms with Crippen LogP contribution in [0.5, 0.6) is 0 Å². The fourth-order valence-electron chi connectivity index (χ4n) is 2.13. The second-order valence-corrected chi connectivity index (χ2v) is 4.55. The van der Waals surface area contributed by atoms with Crippen molar-refractivity contribution in [2.24, 2.45) is 7.05 Å². The van der Waals surface area contributed by atoms with E-state index >= 15 is 0 Å². The maximum Gasteiger partial charge on any atom is 0.212 e. The summed E-state index contributed by atoms with van der Waals surface area (Å²) in [7, 11) is 1.92. The van der Waals surface area contributed by atoms with E-state index in [1.807, 2.05) is 43.7 Å². The molecule has 0 aliphatic rings. The van der Waals surface area contributed by atoms with Crippen molar-refractivity contribution >= 4 is 0 Å². The third-order valence-electron chi connectivity index (χ3n) is 3.39. The van der Waals surface area contributed by atoms with Crippen LogP contribution in [-0.2, 0) is 7.05 Å². The molecule has 1 aromatic carbocycles. The predicted molar refractivity (Wildman–Crippen MR) is 72.0 cm³/mol. The Kier molecular flexibility index (Phi) is 2.15. The summed E-state index contributed by atoms with van der Waals surface area (Å²) in [5, 5.41) is 0. The van der Waals surface area contributed by atoms with Crippen molar-refractivity contribution in [3.05, 3.63) is 52.7 Å². The zero-order valence-corrected chi connectivity index (χ0v) is 10.8. The van der Waals surface area contributed by atoms with Gasteiger partial charge in [-0.15, -0.1) is 0 Å². The molecule has 1 heterocycles. The number of aromatic nitrogens is 1. The highest BCUT2D eigenvalue weighted by atomic mass is 14.9. The van der Waals surface area contributed by atoms with Crippen molar-refractivity contribution in [3.8, 4) is 11.3 Å². The van der Waals surface area contributed by atoms with Gasteiger partial charge in [0.05, 0.1) is 0 Å². The fraction of sp³-hybridized carbons (Fsp3) is 0.312.